The van der Waals surface area contributed by atoms with E-state index in [-0.39, 0.29) is 0 Å². The predicted molar refractivity (Wildman–Crippen MR) is 166 cm³/mol. The molecular formula is C37H23N3. The summed E-state index contributed by atoms with van der Waals surface area (Å²) in [6, 6.07) is 46.8. The first-order valence-electron chi connectivity index (χ1n) is 13.5. The molecule has 0 spiro atoms. The van der Waals surface area contributed by atoms with E-state index in [0.29, 0.717) is 5.82 Å². The second-order valence-corrected chi connectivity index (χ2v) is 10.1. The van der Waals surface area contributed by atoms with Gasteiger partial charge in [0.25, 0.3) is 0 Å². The van der Waals surface area contributed by atoms with Gasteiger partial charge in [0.1, 0.15) is 5.69 Å². The number of pyridine rings is 1. The summed E-state index contributed by atoms with van der Waals surface area (Å²) in [5, 5.41) is 9.61. The maximum atomic E-state index is 5.13. The van der Waals surface area contributed by atoms with Crippen molar-refractivity contribution in [3.63, 3.8) is 0 Å². The molecule has 0 radical (unpaired) electrons. The highest BCUT2D eigenvalue weighted by molar-refractivity contribution is 6.15. The van der Waals surface area contributed by atoms with Gasteiger partial charge in [-0.25, -0.2) is 9.97 Å². The SMILES string of the molecule is c1ccc(-c2nc(-c3cc4ccccc4c4ccccc34)cc(-c3cc4ccccc4c4ccccc34)n2)nc1. The van der Waals surface area contributed by atoms with E-state index in [1.165, 1.54) is 43.1 Å². The summed E-state index contributed by atoms with van der Waals surface area (Å²) >= 11 is 0. The summed E-state index contributed by atoms with van der Waals surface area (Å²) in [6.07, 6.45) is 1.79. The fourth-order valence-electron chi connectivity index (χ4n) is 5.87. The van der Waals surface area contributed by atoms with Gasteiger partial charge in [-0.05, 0) is 73.4 Å². The molecule has 3 nitrogen and oxygen atoms in total. The average Bonchev–Trinajstić information content (AvgIpc) is 3.04. The van der Waals surface area contributed by atoms with Crippen molar-refractivity contribution in [2.75, 3.05) is 0 Å². The molecule has 0 aliphatic carbocycles. The van der Waals surface area contributed by atoms with E-state index < -0.39 is 0 Å². The van der Waals surface area contributed by atoms with E-state index in [0.717, 1.165) is 28.2 Å². The van der Waals surface area contributed by atoms with Crippen molar-refractivity contribution in [3.05, 3.63) is 140 Å². The Morgan fingerprint density at radius 2 is 0.800 bits per heavy atom. The Morgan fingerprint density at radius 3 is 1.30 bits per heavy atom. The first-order valence-corrected chi connectivity index (χ1v) is 13.5. The molecule has 0 bridgehead atoms. The Hall–Kier alpha value is -5.41. The van der Waals surface area contributed by atoms with Crippen LogP contribution in [0, 0.1) is 0 Å². The van der Waals surface area contributed by atoms with Gasteiger partial charge in [0, 0.05) is 17.3 Å². The third-order valence-electron chi connectivity index (χ3n) is 7.71. The predicted octanol–water partition coefficient (Wildman–Crippen LogP) is 9.49. The van der Waals surface area contributed by atoms with E-state index in [9.17, 15) is 0 Å². The summed E-state index contributed by atoms with van der Waals surface area (Å²) in [7, 11) is 0. The van der Waals surface area contributed by atoms with Crippen molar-refractivity contribution in [2.45, 2.75) is 0 Å². The number of benzene rings is 6. The van der Waals surface area contributed by atoms with Gasteiger partial charge in [-0.3, -0.25) is 4.98 Å². The molecule has 6 aromatic carbocycles. The quantitative estimate of drug-likeness (QED) is 0.223. The van der Waals surface area contributed by atoms with Gasteiger partial charge in [-0.1, -0.05) is 103 Å². The zero-order valence-corrected chi connectivity index (χ0v) is 21.6. The molecule has 0 aliphatic heterocycles. The topological polar surface area (TPSA) is 38.7 Å². The summed E-state index contributed by atoms with van der Waals surface area (Å²) in [5.74, 6) is 0.613. The molecule has 0 N–H and O–H groups in total. The molecule has 0 aliphatic rings. The van der Waals surface area contributed by atoms with Crippen LogP contribution in [0.5, 0.6) is 0 Å². The number of nitrogens with zero attached hydrogens (tertiary/aromatic N) is 3. The Balaban J connectivity index is 1.47. The largest absolute Gasteiger partial charge is 0.253 e. The molecular weight excluding hydrogens is 486 g/mol. The number of aromatic nitrogens is 3. The number of hydrogen-bond donors (Lipinski definition) is 0. The highest BCUT2D eigenvalue weighted by Crippen LogP contribution is 2.38. The molecule has 2 aromatic heterocycles. The van der Waals surface area contributed by atoms with Gasteiger partial charge in [0.05, 0.1) is 11.4 Å². The molecule has 0 amide bonds. The van der Waals surface area contributed by atoms with Crippen molar-refractivity contribution in [2.24, 2.45) is 0 Å². The molecule has 0 fully saturated rings. The average molecular weight is 510 g/mol. The minimum atomic E-state index is 0.613. The molecule has 0 saturated heterocycles. The molecule has 186 valence electrons. The van der Waals surface area contributed by atoms with E-state index in [2.05, 4.69) is 120 Å². The Morgan fingerprint density at radius 1 is 0.350 bits per heavy atom. The molecule has 0 unspecified atom stereocenters. The number of fused-ring (bicyclic) bond motifs is 6. The number of hydrogen-bond acceptors (Lipinski definition) is 3. The molecule has 2 heterocycles. The molecule has 0 atom stereocenters. The summed E-state index contributed by atoms with van der Waals surface area (Å²) < 4.78 is 0. The van der Waals surface area contributed by atoms with E-state index in [1.807, 2.05) is 18.2 Å². The zero-order chi connectivity index (χ0) is 26.5. The summed E-state index contributed by atoms with van der Waals surface area (Å²) in [4.78, 5) is 14.9. The van der Waals surface area contributed by atoms with Crippen LogP contribution in [0.25, 0.3) is 77.1 Å². The third kappa shape index (κ3) is 3.63. The summed E-state index contributed by atoms with van der Waals surface area (Å²) in [6.45, 7) is 0. The van der Waals surface area contributed by atoms with E-state index in [4.69, 9.17) is 9.97 Å². The van der Waals surface area contributed by atoms with Crippen LogP contribution in [0.15, 0.2) is 140 Å². The number of rotatable bonds is 3. The lowest BCUT2D eigenvalue weighted by Crippen LogP contribution is -1.98. The Kier molecular flexibility index (Phi) is 5.14. The monoisotopic (exact) mass is 509 g/mol. The fourth-order valence-corrected chi connectivity index (χ4v) is 5.87. The molecule has 0 saturated carbocycles. The van der Waals surface area contributed by atoms with Crippen LogP contribution in [0.2, 0.25) is 0 Å². The first-order chi connectivity index (χ1) is 19.8. The van der Waals surface area contributed by atoms with Gasteiger partial charge < -0.3 is 0 Å². The molecule has 8 aromatic rings. The van der Waals surface area contributed by atoms with Crippen LogP contribution in [-0.4, -0.2) is 15.0 Å². The highest BCUT2D eigenvalue weighted by atomic mass is 14.9. The zero-order valence-electron chi connectivity index (χ0n) is 21.6. The van der Waals surface area contributed by atoms with Crippen LogP contribution < -0.4 is 0 Å². The van der Waals surface area contributed by atoms with Gasteiger partial charge in [0.15, 0.2) is 5.82 Å². The van der Waals surface area contributed by atoms with Crippen molar-refractivity contribution in [3.8, 4) is 34.0 Å². The molecule has 40 heavy (non-hydrogen) atoms. The van der Waals surface area contributed by atoms with Gasteiger partial charge in [0.2, 0.25) is 0 Å². The third-order valence-corrected chi connectivity index (χ3v) is 7.71. The van der Waals surface area contributed by atoms with E-state index >= 15 is 0 Å². The van der Waals surface area contributed by atoms with E-state index in [1.54, 1.807) is 6.20 Å². The van der Waals surface area contributed by atoms with Crippen LogP contribution in [0.1, 0.15) is 0 Å². The smallest absolute Gasteiger partial charge is 0.179 e. The second kappa shape index (κ2) is 9.11. The normalized spacial score (nSPS) is 11.5. The maximum Gasteiger partial charge on any atom is 0.179 e. The van der Waals surface area contributed by atoms with Crippen molar-refractivity contribution in [1.82, 2.24) is 15.0 Å². The molecule has 3 heteroatoms. The van der Waals surface area contributed by atoms with Gasteiger partial charge in [-0.2, -0.15) is 0 Å². The Labute approximate surface area is 231 Å². The molecule has 8 rings (SSSR count). The minimum absolute atomic E-state index is 0.613. The van der Waals surface area contributed by atoms with Gasteiger partial charge >= 0.3 is 0 Å². The lowest BCUT2D eigenvalue weighted by Gasteiger charge is -2.15. The van der Waals surface area contributed by atoms with Crippen LogP contribution in [0.3, 0.4) is 0 Å². The van der Waals surface area contributed by atoms with Gasteiger partial charge in [-0.15, -0.1) is 0 Å². The lowest BCUT2D eigenvalue weighted by atomic mass is 9.93. The van der Waals surface area contributed by atoms with Crippen molar-refractivity contribution < 1.29 is 0 Å². The standard InChI is InChI=1S/C37H23N3/c1-3-13-26-24(11-1)21-32(30-17-7-5-15-28(26)30)35-23-36(40-37(39-35)34-19-9-10-20-38-34)33-22-25-12-2-4-14-27(25)29-16-6-8-18-31(29)33/h1-23H. The highest BCUT2D eigenvalue weighted by Gasteiger charge is 2.17. The Bertz CT molecular complexity index is 2080. The van der Waals surface area contributed by atoms with Crippen LogP contribution in [-0.2, 0) is 0 Å². The first kappa shape index (κ1) is 22.6. The van der Waals surface area contributed by atoms with Crippen molar-refractivity contribution >= 4 is 43.1 Å². The van der Waals surface area contributed by atoms with Crippen LogP contribution in [0.4, 0.5) is 0 Å². The van der Waals surface area contributed by atoms with Crippen LogP contribution >= 0.6 is 0 Å². The maximum absolute atomic E-state index is 5.13. The minimum Gasteiger partial charge on any atom is -0.253 e. The fraction of sp³-hybridized carbons (Fsp3) is 0. The lowest BCUT2D eigenvalue weighted by molar-refractivity contribution is 1.15. The van der Waals surface area contributed by atoms with Crippen molar-refractivity contribution in [1.29, 1.82) is 0 Å². The summed E-state index contributed by atoms with van der Waals surface area (Å²) in [5.41, 5.74) is 4.68. The second-order valence-electron chi connectivity index (χ2n) is 10.1.